The maximum Gasteiger partial charge on any atom is 0.235 e. The van der Waals surface area contributed by atoms with Gasteiger partial charge in [-0.15, -0.1) is 0 Å². The van der Waals surface area contributed by atoms with Gasteiger partial charge in [0.25, 0.3) is 0 Å². The Morgan fingerprint density at radius 1 is 0.179 bits per heavy atom. The van der Waals surface area contributed by atoms with Crippen molar-refractivity contribution in [2.24, 2.45) is 0 Å². The lowest BCUT2D eigenvalue weighted by molar-refractivity contribution is 0.995. The first-order valence-electron chi connectivity index (χ1n) is 37.9. The third kappa shape index (κ3) is 9.85. The molecule has 7 heterocycles. The van der Waals surface area contributed by atoms with Crippen molar-refractivity contribution in [1.82, 2.24) is 48.2 Å². The van der Waals surface area contributed by atoms with E-state index >= 15 is 0 Å². The van der Waals surface area contributed by atoms with Gasteiger partial charge >= 0.3 is 0 Å². The Morgan fingerprint density at radius 2 is 0.527 bits per heavy atom. The van der Waals surface area contributed by atoms with E-state index in [0.29, 0.717) is 17.8 Å². The van der Waals surface area contributed by atoms with E-state index in [1.165, 1.54) is 87.3 Å². The molecule has 0 aliphatic rings. The minimum atomic E-state index is 0.635. The SMILES string of the molecule is c1ccc(-c2cc(-c3ccccc3)nc(-n3c4ccccc4c4cc(-c5ccc6c7c5ccc5cccc(c57)n6-c5nc(-c6ccccc6)c6ccccc6n5)ccc43)n2)cc1.c1ccc(-c2nc(-n3c4ccccc4c4cc(-c5ccc6c7c5ccc5cccc(c57)n6-c5ccccc5)ccc43)nc3ccccc23)cc1. The Morgan fingerprint density at radius 3 is 1.00 bits per heavy atom. The van der Waals surface area contributed by atoms with E-state index in [0.717, 1.165) is 116 Å². The summed E-state index contributed by atoms with van der Waals surface area (Å²) in [4.78, 5) is 31.4. The zero-order valence-corrected chi connectivity index (χ0v) is 60.3. The van der Waals surface area contributed by atoms with E-state index in [1.807, 2.05) is 36.4 Å². The minimum absolute atomic E-state index is 0.635. The van der Waals surface area contributed by atoms with Crippen molar-refractivity contribution in [3.63, 3.8) is 0 Å². The normalized spacial score (nSPS) is 11.9. The van der Waals surface area contributed by atoms with Crippen LogP contribution in [0.5, 0.6) is 0 Å². The Kier molecular flexibility index (Phi) is 14.1. The fraction of sp³-hybridized carbons (Fsp3) is 0. The number of hydrogen-bond donors (Lipinski definition) is 0. The van der Waals surface area contributed by atoms with Crippen LogP contribution < -0.4 is 0 Å². The molecule has 24 rings (SSSR count). The molecule has 7 aromatic heterocycles. The summed E-state index contributed by atoms with van der Waals surface area (Å²) in [5, 5.41) is 16.6. The van der Waals surface area contributed by atoms with Crippen LogP contribution in [0.2, 0.25) is 0 Å². The molecule has 0 aliphatic carbocycles. The van der Waals surface area contributed by atoms with Crippen molar-refractivity contribution in [2.75, 3.05) is 0 Å². The van der Waals surface area contributed by atoms with E-state index in [2.05, 4.69) is 358 Å². The summed E-state index contributed by atoms with van der Waals surface area (Å²) in [7, 11) is 0. The topological polar surface area (TPSA) is 97.1 Å². The van der Waals surface area contributed by atoms with Crippen LogP contribution in [0.25, 0.3) is 221 Å². The highest BCUT2D eigenvalue weighted by molar-refractivity contribution is 6.28. The molecule has 0 saturated carbocycles. The van der Waals surface area contributed by atoms with Crippen LogP contribution >= 0.6 is 0 Å². The van der Waals surface area contributed by atoms with Gasteiger partial charge in [-0.2, -0.15) is 0 Å². The molecule has 24 aromatic rings. The highest BCUT2D eigenvalue weighted by Gasteiger charge is 2.26. The summed E-state index contributed by atoms with van der Waals surface area (Å²) < 4.78 is 9.09. The quantitative estimate of drug-likeness (QED) is 0.127. The van der Waals surface area contributed by atoms with Crippen molar-refractivity contribution in [2.45, 2.75) is 0 Å². The van der Waals surface area contributed by atoms with E-state index in [1.54, 1.807) is 0 Å². The molecule has 0 saturated heterocycles. The van der Waals surface area contributed by atoms with Crippen molar-refractivity contribution >= 4 is 131 Å². The molecular weight excluding hydrogens is 1370 g/mol. The molecule has 0 amide bonds. The molecule has 0 bridgehead atoms. The number of hydrogen-bond acceptors (Lipinski definition) is 6. The van der Waals surface area contributed by atoms with Gasteiger partial charge < -0.3 is 4.57 Å². The largest absolute Gasteiger partial charge is 0.309 e. The first-order chi connectivity index (χ1) is 55.6. The van der Waals surface area contributed by atoms with Gasteiger partial charge in [-0.05, 0) is 135 Å². The Labute approximate surface area is 641 Å². The molecule has 0 aliphatic heterocycles. The second-order valence-electron chi connectivity index (χ2n) is 28.8. The zero-order chi connectivity index (χ0) is 73.5. The van der Waals surface area contributed by atoms with Crippen molar-refractivity contribution < 1.29 is 0 Å². The molecule has 0 unspecified atom stereocenters. The first-order valence-corrected chi connectivity index (χ1v) is 37.9. The third-order valence-electron chi connectivity index (χ3n) is 22.6. The predicted octanol–water partition coefficient (Wildman–Crippen LogP) is 25.6. The summed E-state index contributed by atoms with van der Waals surface area (Å²) in [6, 6.07) is 133. The summed E-state index contributed by atoms with van der Waals surface area (Å²) in [6.07, 6.45) is 0. The van der Waals surface area contributed by atoms with Gasteiger partial charge in [-0.1, -0.05) is 285 Å². The van der Waals surface area contributed by atoms with Gasteiger partial charge in [0.05, 0.1) is 77.9 Å². The van der Waals surface area contributed by atoms with Gasteiger partial charge in [0.15, 0.2) is 0 Å². The minimum Gasteiger partial charge on any atom is -0.309 e. The summed E-state index contributed by atoms with van der Waals surface area (Å²) in [6.45, 7) is 0. The number of nitrogens with zero attached hydrogens (tertiary/aromatic N) is 10. The van der Waals surface area contributed by atoms with Crippen LogP contribution in [0.15, 0.2) is 376 Å². The molecular formula is C102H62N10. The molecule has 0 spiro atoms. The Bertz CT molecular complexity index is 7800. The lowest BCUT2D eigenvalue weighted by Gasteiger charge is -2.13. The van der Waals surface area contributed by atoms with Crippen LogP contribution in [0.4, 0.5) is 0 Å². The fourth-order valence-corrected chi connectivity index (χ4v) is 17.7. The number of aromatic nitrogens is 10. The Hall–Kier alpha value is -15.3. The standard InChI is InChI=1S/C56H34N6.C46H28N4/c1-4-15-35(16-5-1)46-34-47(36-17-6-2-7-18-36)59-55(58-46)61-48-25-13-11-22-41(48)44-33-39(28-31-49(44)61)40-30-32-51-53-42(40)29-27-37-21-14-26-50(52(37)53)62(51)56-57-45-24-12-10-23-43(45)54(60-56)38-19-8-3-9-20-38;1-3-12-30(13-4-1)45-36-18-7-9-19-38(36)47-46(48-45)50-39-20-10-8-17-34(39)37-28-31(23-26-40(37)50)33-25-27-42-44-35(33)24-22-29-14-11-21-41(43(29)44)49(42)32-15-5-2-6-16-32/h1-34H;1-28H. The second-order valence-corrected chi connectivity index (χ2v) is 28.8. The molecule has 0 atom stereocenters. The fourth-order valence-electron chi connectivity index (χ4n) is 17.7. The van der Waals surface area contributed by atoms with Crippen LogP contribution in [-0.4, -0.2) is 48.2 Å². The molecule has 10 nitrogen and oxygen atoms in total. The van der Waals surface area contributed by atoms with Crippen molar-refractivity contribution in [3.05, 3.63) is 376 Å². The van der Waals surface area contributed by atoms with Crippen LogP contribution in [0.1, 0.15) is 0 Å². The summed E-state index contributed by atoms with van der Waals surface area (Å²) >= 11 is 0. The van der Waals surface area contributed by atoms with Crippen LogP contribution in [0, 0.1) is 0 Å². The molecule has 0 fully saturated rings. The average molecular weight is 1430 g/mol. The monoisotopic (exact) mass is 1430 g/mol. The molecule has 17 aromatic carbocycles. The first kappa shape index (κ1) is 62.9. The molecule has 10 heteroatoms. The highest BCUT2D eigenvalue weighted by Crippen LogP contribution is 2.47. The third-order valence-corrected chi connectivity index (χ3v) is 22.6. The van der Waals surface area contributed by atoms with Crippen molar-refractivity contribution in [1.29, 1.82) is 0 Å². The molecule has 0 radical (unpaired) electrons. The van der Waals surface area contributed by atoms with Gasteiger partial charge in [0.1, 0.15) is 0 Å². The average Bonchev–Trinajstić information content (AvgIpc) is 1.56. The number of benzene rings is 17. The highest BCUT2D eigenvalue weighted by atomic mass is 15.2. The number of para-hydroxylation sites is 5. The summed E-state index contributed by atoms with van der Waals surface area (Å²) in [5.41, 5.74) is 24.4. The predicted molar refractivity (Wildman–Crippen MR) is 462 cm³/mol. The van der Waals surface area contributed by atoms with Gasteiger partial charge in [0.2, 0.25) is 17.8 Å². The van der Waals surface area contributed by atoms with Crippen molar-refractivity contribution in [3.8, 4) is 90.8 Å². The van der Waals surface area contributed by atoms with Gasteiger partial charge in [-0.25, -0.2) is 29.9 Å². The maximum atomic E-state index is 5.33. The van der Waals surface area contributed by atoms with Crippen LogP contribution in [-0.2, 0) is 0 Å². The van der Waals surface area contributed by atoms with E-state index < -0.39 is 0 Å². The van der Waals surface area contributed by atoms with Gasteiger partial charge in [-0.3, -0.25) is 13.7 Å². The second kappa shape index (κ2) is 25.2. The summed E-state index contributed by atoms with van der Waals surface area (Å²) in [5.74, 6) is 1.96. The molecule has 0 N–H and O–H groups in total. The maximum absolute atomic E-state index is 5.33. The molecule has 112 heavy (non-hydrogen) atoms. The lowest BCUT2D eigenvalue weighted by atomic mass is 9.94. The zero-order valence-electron chi connectivity index (χ0n) is 60.3. The lowest BCUT2D eigenvalue weighted by Crippen LogP contribution is -2.04. The van der Waals surface area contributed by atoms with E-state index in [4.69, 9.17) is 29.9 Å². The Balaban J connectivity index is 0.000000137. The smallest absolute Gasteiger partial charge is 0.235 e. The number of fused-ring (bicyclic) bond motifs is 8. The van der Waals surface area contributed by atoms with E-state index in [-0.39, 0.29) is 0 Å². The molecule has 520 valence electrons. The van der Waals surface area contributed by atoms with Gasteiger partial charge in [0, 0.05) is 81.8 Å². The van der Waals surface area contributed by atoms with Crippen LogP contribution in [0.3, 0.4) is 0 Å². The van der Waals surface area contributed by atoms with E-state index in [9.17, 15) is 0 Å². The number of rotatable bonds is 10.